The Hall–Kier alpha value is -0.860. The second-order valence-corrected chi connectivity index (χ2v) is 4.45. The quantitative estimate of drug-likeness (QED) is 0.780. The van der Waals surface area contributed by atoms with E-state index >= 15 is 0 Å². The van der Waals surface area contributed by atoms with Gasteiger partial charge in [0, 0.05) is 6.42 Å². The van der Waals surface area contributed by atoms with Crippen LogP contribution in [0.5, 0.6) is 0 Å². The van der Waals surface area contributed by atoms with Gasteiger partial charge in [-0.05, 0) is 17.9 Å². The van der Waals surface area contributed by atoms with Gasteiger partial charge in [0.05, 0.1) is 12.2 Å². The van der Waals surface area contributed by atoms with E-state index in [0.717, 1.165) is 12.0 Å². The van der Waals surface area contributed by atoms with E-state index in [-0.39, 0.29) is 0 Å². The standard InChI is InChI=1S/C13H20O2/c1-10(2)8-12(14)9-13(15)11-6-4-3-5-7-11/h3-7,10,12-15H,8-9H2,1-2H3. The Kier molecular flexibility index (Phi) is 4.79. The normalized spacial score (nSPS) is 15.3. The molecule has 0 radical (unpaired) electrons. The number of hydrogen-bond donors (Lipinski definition) is 2. The minimum absolute atomic E-state index is 0.416. The molecule has 2 atom stereocenters. The maximum absolute atomic E-state index is 9.84. The van der Waals surface area contributed by atoms with Gasteiger partial charge in [0.25, 0.3) is 0 Å². The molecule has 0 aliphatic rings. The van der Waals surface area contributed by atoms with Gasteiger partial charge in [0.15, 0.2) is 0 Å². The molecule has 0 aliphatic carbocycles. The lowest BCUT2D eigenvalue weighted by molar-refractivity contribution is 0.0681. The molecule has 1 aromatic carbocycles. The van der Waals surface area contributed by atoms with E-state index in [1.807, 2.05) is 30.3 Å². The zero-order chi connectivity index (χ0) is 11.3. The Balaban J connectivity index is 2.45. The predicted octanol–water partition coefficient (Wildman–Crippen LogP) is 2.52. The van der Waals surface area contributed by atoms with Crippen LogP contribution in [-0.2, 0) is 0 Å². The van der Waals surface area contributed by atoms with Crippen LogP contribution in [0.2, 0.25) is 0 Å². The lowest BCUT2D eigenvalue weighted by Crippen LogP contribution is -2.14. The largest absolute Gasteiger partial charge is 0.393 e. The van der Waals surface area contributed by atoms with E-state index < -0.39 is 12.2 Å². The molecule has 2 N–H and O–H groups in total. The first-order chi connectivity index (χ1) is 7.09. The third kappa shape index (κ3) is 4.45. The van der Waals surface area contributed by atoms with Crippen LogP contribution in [-0.4, -0.2) is 16.3 Å². The van der Waals surface area contributed by atoms with E-state index in [4.69, 9.17) is 0 Å². The molecule has 0 fully saturated rings. The maximum Gasteiger partial charge on any atom is 0.0814 e. The summed E-state index contributed by atoms with van der Waals surface area (Å²) in [4.78, 5) is 0. The van der Waals surface area contributed by atoms with Gasteiger partial charge in [0.1, 0.15) is 0 Å². The topological polar surface area (TPSA) is 40.5 Å². The van der Waals surface area contributed by atoms with Crippen LogP contribution < -0.4 is 0 Å². The molecule has 15 heavy (non-hydrogen) atoms. The second kappa shape index (κ2) is 5.89. The molecular formula is C13H20O2. The van der Waals surface area contributed by atoms with E-state index in [1.165, 1.54) is 0 Å². The van der Waals surface area contributed by atoms with Crippen molar-refractivity contribution in [3.63, 3.8) is 0 Å². The van der Waals surface area contributed by atoms with Crippen LogP contribution in [0.25, 0.3) is 0 Å². The van der Waals surface area contributed by atoms with Crippen LogP contribution in [0, 0.1) is 5.92 Å². The van der Waals surface area contributed by atoms with E-state index in [2.05, 4.69) is 13.8 Å². The Morgan fingerprint density at radius 1 is 1.00 bits per heavy atom. The molecule has 0 spiro atoms. The van der Waals surface area contributed by atoms with Gasteiger partial charge in [-0.3, -0.25) is 0 Å². The van der Waals surface area contributed by atoms with Gasteiger partial charge in [0.2, 0.25) is 0 Å². The molecule has 0 amide bonds. The predicted molar refractivity (Wildman–Crippen MR) is 61.5 cm³/mol. The van der Waals surface area contributed by atoms with Crippen LogP contribution in [0.4, 0.5) is 0 Å². The minimum Gasteiger partial charge on any atom is -0.393 e. The highest BCUT2D eigenvalue weighted by Crippen LogP contribution is 2.20. The van der Waals surface area contributed by atoms with Gasteiger partial charge < -0.3 is 10.2 Å². The number of aliphatic hydroxyl groups excluding tert-OH is 2. The Bertz CT molecular complexity index is 269. The summed E-state index contributed by atoms with van der Waals surface area (Å²) in [6.45, 7) is 4.14. The molecule has 0 heterocycles. The van der Waals surface area contributed by atoms with Gasteiger partial charge >= 0.3 is 0 Å². The highest BCUT2D eigenvalue weighted by Gasteiger charge is 2.14. The number of hydrogen-bond acceptors (Lipinski definition) is 2. The van der Waals surface area contributed by atoms with Crippen molar-refractivity contribution in [3.05, 3.63) is 35.9 Å². The molecule has 2 unspecified atom stereocenters. The van der Waals surface area contributed by atoms with Crippen molar-refractivity contribution in [2.45, 2.75) is 38.9 Å². The highest BCUT2D eigenvalue weighted by atomic mass is 16.3. The van der Waals surface area contributed by atoms with E-state index in [9.17, 15) is 10.2 Å². The third-order valence-electron chi connectivity index (χ3n) is 2.42. The molecule has 1 aromatic rings. The first-order valence-corrected chi connectivity index (χ1v) is 5.50. The van der Waals surface area contributed by atoms with Crippen LogP contribution in [0.15, 0.2) is 30.3 Å². The number of rotatable bonds is 5. The first-order valence-electron chi connectivity index (χ1n) is 5.50. The Morgan fingerprint density at radius 2 is 1.60 bits per heavy atom. The summed E-state index contributed by atoms with van der Waals surface area (Å²) in [5.74, 6) is 0.461. The molecule has 1 rings (SSSR count). The summed E-state index contributed by atoms with van der Waals surface area (Å²) in [5, 5.41) is 19.5. The number of aliphatic hydroxyl groups is 2. The monoisotopic (exact) mass is 208 g/mol. The van der Waals surface area contributed by atoms with E-state index in [0.29, 0.717) is 12.3 Å². The summed E-state index contributed by atoms with van der Waals surface area (Å²) < 4.78 is 0. The highest BCUT2D eigenvalue weighted by molar-refractivity contribution is 5.17. The fraction of sp³-hybridized carbons (Fsp3) is 0.538. The first kappa shape index (κ1) is 12.2. The summed E-state index contributed by atoms with van der Waals surface area (Å²) >= 11 is 0. The minimum atomic E-state index is -0.556. The second-order valence-electron chi connectivity index (χ2n) is 4.45. The smallest absolute Gasteiger partial charge is 0.0814 e. The van der Waals surface area contributed by atoms with Gasteiger partial charge in [-0.25, -0.2) is 0 Å². The van der Waals surface area contributed by atoms with Crippen LogP contribution >= 0.6 is 0 Å². The Morgan fingerprint density at radius 3 is 2.13 bits per heavy atom. The molecule has 2 nitrogen and oxygen atoms in total. The molecule has 0 bridgehead atoms. The summed E-state index contributed by atoms with van der Waals surface area (Å²) in [5.41, 5.74) is 0.875. The average Bonchev–Trinajstić information content (AvgIpc) is 2.17. The molecule has 0 saturated heterocycles. The van der Waals surface area contributed by atoms with Gasteiger partial charge in [-0.15, -0.1) is 0 Å². The summed E-state index contributed by atoms with van der Waals surface area (Å²) in [6.07, 6.45) is 0.187. The van der Waals surface area contributed by atoms with Crippen LogP contribution in [0.3, 0.4) is 0 Å². The zero-order valence-electron chi connectivity index (χ0n) is 9.43. The zero-order valence-corrected chi connectivity index (χ0v) is 9.43. The molecular weight excluding hydrogens is 188 g/mol. The van der Waals surface area contributed by atoms with Crippen molar-refractivity contribution in [1.29, 1.82) is 0 Å². The van der Waals surface area contributed by atoms with Crippen molar-refractivity contribution in [1.82, 2.24) is 0 Å². The number of benzene rings is 1. The SMILES string of the molecule is CC(C)CC(O)CC(O)c1ccccc1. The molecule has 2 heteroatoms. The van der Waals surface area contributed by atoms with Crippen molar-refractivity contribution in [3.8, 4) is 0 Å². The van der Waals surface area contributed by atoms with Crippen molar-refractivity contribution < 1.29 is 10.2 Å². The maximum atomic E-state index is 9.84. The van der Waals surface area contributed by atoms with Crippen molar-refractivity contribution in [2.75, 3.05) is 0 Å². The van der Waals surface area contributed by atoms with Crippen LogP contribution in [0.1, 0.15) is 38.4 Å². The lowest BCUT2D eigenvalue weighted by Gasteiger charge is -2.17. The summed E-state index contributed by atoms with van der Waals surface area (Å²) in [7, 11) is 0. The van der Waals surface area contributed by atoms with Crippen molar-refractivity contribution >= 4 is 0 Å². The van der Waals surface area contributed by atoms with Gasteiger partial charge in [-0.2, -0.15) is 0 Å². The Labute approximate surface area is 91.6 Å². The molecule has 0 saturated carbocycles. The molecule has 0 aliphatic heterocycles. The van der Waals surface area contributed by atoms with Gasteiger partial charge in [-0.1, -0.05) is 44.2 Å². The van der Waals surface area contributed by atoms with Crippen molar-refractivity contribution in [2.24, 2.45) is 5.92 Å². The third-order valence-corrected chi connectivity index (χ3v) is 2.42. The lowest BCUT2D eigenvalue weighted by atomic mass is 9.98. The fourth-order valence-electron chi connectivity index (χ4n) is 1.71. The average molecular weight is 208 g/mol. The molecule has 84 valence electrons. The summed E-state index contributed by atoms with van der Waals surface area (Å²) in [6, 6.07) is 9.47. The molecule has 0 aromatic heterocycles. The van der Waals surface area contributed by atoms with E-state index in [1.54, 1.807) is 0 Å². The fourth-order valence-corrected chi connectivity index (χ4v) is 1.71.